The Hall–Kier alpha value is -1.05. The second-order valence-electron chi connectivity index (χ2n) is 3.22. The molecule has 0 heterocycles. The SMILES string of the molecule is C=CCC(=O)OC(C)(C)CC=C. The molecule has 0 aromatic heterocycles. The van der Waals surface area contributed by atoms with E-state index in [1.54, 1.807) is 6.08 Å². The molecule has 0 fully saturated rings. The molecule has 0 amide bonds. The molecule has 0 radical (unpaired) electrons. The first-order valence-corrected chi connectivity index (χ1v) is 3.95. The van der Waals surface area contributed by atoms with E-state index in [9.17, 15) is 4.79 Å². The van der Waals surface area contributed by atoms with Crippen LogP contribution in [-0.2, 0) is 9.53 Å². The van der Waals surface area contributed by atoms with E-state index < -0.39 is 5.60 Å². The van der Waals surface area contributed by atoms with Gasteiger partial charge in [0.15, 0.2) is 0 Å². The summed E-state index contributed by atoms with van der Waals surface area (Å²) in [6.07, 6.45) is 4.20. The molecule has 12 heavy (non-hydrogen) atoms. The highest BCUT2D eigenvalue weighted by atomic mass is 16.6. The van der Waals surface area contributed by atoms with Gasteiger partial charge in [-0.1, -0.05) is 12.2 Å². The monoisotopic (exact) mass is 168 g/mol. The Morgan fingerprint density at radius 1 is 1.42 bits per heavy atom. The van der Waals surface area contributed by atoms with Gasteiger partial charge >= 0.3 is 5.97 Å². The summed E-state index contributed by atoms with van der Waals surface area (Å²) in [5.74, 6) is -0.239. The van der Waals surface area contributed by atoms with Gasteiger partial charge in [0.1, 0.15) is 5.60 Å². The van der Waals surface area contributed by atoms with Crippen molar-refractivity contribution in [2.45, 2.75) is 32.3 Å². The van der Waals surface area contributed by atoms with Crippen LogP contribution < -0.4 is 0 Å². The predicted molar refractivity (Wildman–Crippen MR) is 49.8 cm³/mol. The highest BCUT2D eigenvalue weighted by Gasteiger charge is 2.19. The van der Waals surface area contributed by atoms with Crippen molar-refractivity contribution in [1.29, 1.82) is 0 Å². The van der Waals surface area contributed by atoms with Gasteiger partial charge < -0.3 is 4.74 Å². The Balaban J connectivity index is 3.94. The summed E-state index contributed by atoms with van der Waals surface area (Å²) in [4.78, 5) is 11.0. The lowest BCUT2D eigenvalue weighted by Crippen LogP contribution is -2.26. The minimum absolute atomic E-state index is 0.239. The molecule has 0 aromatic carbocycles. The molecular weight excluding hydrogens is 152 g/mol. The van der Waals surface area contributed by atoms with Crippen LogP contribution in [0.4, 0.5) is 0 Å². The molecule has 0 rings (SSSR count). The molecule has 0 saturated heterocycles. The largest absolute Gasteiger partial charge is 0.459 e. The zero-order valence-electron chi connectivity index (χ0n) is 7.80. The first-order chi connectivity index (χ1) is 5.52. The van der Waals surface area contributed by atoms with E-state index in [0.29, 0.717) is 6.42 Å². The third-order valence-electron chi connectivity index (χ3n) is 1.34. The maximum Gasteiger partial charge on any atom is 0.310 e. The van der Waals surface area contributed by atoms with Crippen molar-refractivity contribution < 1.29 is 9.53 Å². The maximum absolute atomic E-state index is 11.0. The fourth-order valence-electron chi connectivity index (χ4n) is 0.857. The molecule has 2 heteroatoms. The quantitative estimate of drug-likeness (QED) is 0.465. The molecule has 2 nitrogen and oxygen atoms in total. The normalized spacial score (nSPS) is 10.5. The molecule has 0 aliphatic heterocycles. The lowest BCUT2D eigenvalue weighted by atomic mass is 10.1. The van der Waals surface area contributed by atoms with Crippen LogP contribution in [0.3, 0.4) is 0 Å². The summed E-state index contributed by atoms with van der Waals surface area (Å²) in [6, 6.07) is 0. The van der Waals surface area contributed by atoms with Crippen LogP contribution in [0, 0.1) is 0 Å². The zero-order chi connectivity index (χ0) is 9.61. The van der Waals surface area contributed by atoms with E-state index in [1.807, 2.05) is 13.8 Å². The van der Waals surface area contributed by atoms with Crippen molar-refractivity contribution in [2.24, 2.45) is 0 Å². The third kappa shape index (κ3) is 4.72. The molecule has 0 aromatic rings. The van der Waals surface area contributed by atoms with Gasteiger partial charge in [0.05, 0.1) is 6.42 Å². The maximum atomic E-state index is 11.0. The van der Waals surface area contributed by atoms with Crippen molar-refractivity contribution in [3.05, 3.63) is 25.3 Å². The minimum atomic E-state index is -0.443. The van der Waals surface area contributed by atoms with Crippen molar-refractivity contribution in [1.82, 2.24) is 0 Å². The second-order valence-corrected chi connectivity index (χ2v) is 3.22. The molecule has 68 valence electrons. The van der Waals surface area contributed by atoms with E-state index in [2.05, 4.69) is 13.2 Å². The van der Waals surface area contributed by atoms with E-state index in [1.165, 1.54) is 6.08 Å². The summed E-state index contributed by atoms with van der Waals surface area (Å²) in [7, 11) is 0. The molecule has 0 bridgehead atoms. The predicted octanol–water partition coefficient (Wildman–Crippen LogP) is 2.46. The first kappa shape index (κ1) is 11.0. The van der Waals surface area contributed by atoms with Crippen LogP contribution in [0.2, 0.25) is 0 Å². The highest BCUT2D eigenvalue weighted by molar-refractivity contribution is 5.71. The van der Waals surface area contributed by atoms with Gasteiger partial charge in [0, 0.05) is 6.42 Å². The number of ether oxygens (including phenoxy) is 1. The Morgan fingerprint density at radius 2 is 2.00 bits per heavy atom. The zero-order valence-corrected chi connectivity index (χ0v) is 7.80. The molecule has 0 atom stereocenters. The van der Waals surface area contributed by atoms with Crippen LogP contribution in [0.1, 0.15) is 26.7 Å². The molecule has 0 aliphatic carbocycles. The lowest BCUT2D eigenvalue weighted by Gasteiger charge is -2.23. The van der Waals surface area contributed by atoms with Crippen LogP contribution in [0.25, 0.3) is 0 Å². The van der Waals surface area contributed by atoms with Gasteiger partial charge in [-0.3, -0.25) is 4.79 Å². The number of hydrogen-bond acceptors (Lipinski definition) is 2. The lowest BCUT2D eigenvalue weighted by molar-refractivity contribution is -0.154. The van der Waals surface area contributed by atoms with Crippen molar-refractivity contribution in [2.75, 3.05) is 0 Å². The number of carbonyl (C=O) groups is 1. The van der Waals surface area contributed by atoms with Crippen molar-refractivity contribution in [3.63, 3.8) is 0 Å². The van der Waals surface area contributed by atoms with Gasteiger partial charge in [-0.15, -0.1) is 13.2 Å². The summed E-state index contributed by atoms with van der Waals surface area (Å²) >= 11 is 0. The van der Waals surface area contributed by atoms with Gasteiger partial charge in [0.25, 0.3) is 0 Å². The van der Waals surface area contributed by atoms with Crippen LogP contribution in [0.5, 0.6) is 0 Å². The summed E-state index contributed by atoms with van der Waals surface area (Å²) in [5.41, 5.74) is -0.443. The topological polar surface area (TPSA) is 26.3 Å². The Labute approximate surface area is 73.9 Å². The van der Waals surface area contributed by atoms with E-state index in [4.69, 9.17) is 4.74 Å². The fraction of sp³-hybridized carbons (Fsp3) is 0.500. The minimum Gasteiger partial charge on any atom is -0.459 e. The summed E-state index contributed by atoms with van der Waals surface area (Å²) in [5, 5.41) is 0. The van der Waals surface area contributed by atoms with Crippen molar-refractivity contribution >= 4 is 5.97 Å². The number of esters is 1. The molecule has 0 saturated carbocycles. The smallest absolute Gasteiger partial charge is 0.310 e. The standard InChI is InChI=1S/C10H16O2/c1-5-7-9(11)12-10(3,4)8-6-2/h5-6H,1-2,7-8H2,3-4H3. The molecule has 0 aliphatic rings. The Morgan fingerprint density at radius 3 is 2.42 bits per heavy atom. The van der Waals surface area contributed by atoms with Crippen LogP contribution >= 0.6 is 0 Å². The van der Waals surface area contributed by atoms with Gasteiger partial charge in [-0.2, -0.15) is 0 Å². The Kier molecular flexibility index (Phi) is 4.34. The number of hydrogen-bond donors (Lipinski definition) is 0. The molecule has 0 N–H and O–H groups in total. The van der Waals surface area contributed by atoms with Crippen LogP contribution in [-0.4, -0.2) is 11.6 Å². The fourth-order valence-corrected chi connectivity index (χ4v) is 0.857. The van der Waals surface area contributed by atoms with Gasteiger partial charge in [0.2, 0.25) is 0 Å². The highest BCUT2D eigenvalue weighted by Crippen LogP contribution is 2.15. The number of carbonyl (C=O) groups excluding carboxylic acids is 1. The average molecular weight is 168 g/mol. The number of rotatable bonds is 5. The molecular formula is C10H16O2. The molecule has 0 unspecified atom stereocenters. The first-order valence-electron chi connectivity index (χ1n) is 3.95. The van der Waals surface area contributed by atoms with E-state index in [-0.39, 0.29) is 12.4 Å². The summed E-state index contributed by atoms with van der Waals surface area (Å²) in [6.45, 7) is 10.8. The molecule has 0 spiro atoms. The van der Waals surface area contributed by atoms with Gasteiger partial charge in [-0.05, 0) is 13.8 Å². The second kappa shape index (κ2) is 4.75. The van der Waals surface area contributed by atoms with Crippen LogP contribution in [0.15, 0.2) is 25.3 Å². The third-order valence-corrected chi connectivity index (χ3v) is 1.34. The summed E-state index contributed by atoms with van der Waals surface area (Å²) < 4.78 is 5.14. The van der Waals surface area contributed by atoms with E-state index in [0.717, 1.165) is 0 Å². The Bertz CT molecular complexity index is 180. The van der Waals surface area contributed by atoms with Crippen molar-refractivity contribution in [3.8, 4) is 0 Å². The average Bonchev–Trinajstić information content (AvgIpc) is 1.85. The van der Waals surface area contributed by atoms with E-state index >= 15 is 0 Å². The van der Waals surface area contributed by atoms with Gasteiger partial charge in [-0.25, -0.2) is 0 Å².